The van der Waals surface area contributed by atoms with E-state index >= 15 is 0 Å². The molecule has 2 rings (SSSR count). The van der Waals surface area contributed by atoms with Crippen LogP contribution in [0.15, 0.2) is 11.4 Å². The van der Waals surface area contributed by atoms with E-state index < -0.39 is 0 Å². The molecule has 64 valence electrons. The Balaban J connectivity index is 2.03. The molecule has 12 heavy (non-hydrogen) atoms. The normalized spacial score (nSPS) is 16.4. The third-order valence-electron chi connectivity index (χ3n) is 2.06. The zero-order valence-corrected chi connectivity index (χ0v) is 8.12. The fourth-order valence-corrected chi connectivity index (χ4v) is 2.04. The first-order chi connectivity index (χ1) is 5.75. The van der Waals surface area contributed by atoms with Gasteiger partial charge in [-0.25, -0.2) is 0 Å². The Morgan fingerprint density at radius 2 is 2.42 bits per heavy atom. The third-order valence-corrected chi connectivity index (χ3v) is 3.15. The van der Waals surface area contributed by atoms with Crippen LogP contribution in [0.2, 0.25) is 4.34 Å². The molecule has 1 aliphatic rings. The predicted molar refractivity (Wildman–Crippen MR) is 51.0 cm³/mol. The van der Waals surface area contributed by atoms with Crippen LogP contribution in [0.1, 0.15) is 29.6 Å². The molecule has 0 atom stereocenters. The van der Waals surface area contributed by atoms with Gasteiger partial charge in [0.1, 0.15) is 0 Å². The Morgan fingerprint density at radius 3 is 2.92 bits per heavy atom. The van der Waals surface area contributed by atoms with Crippen molar-refractivity contribution in [2.45, 2.75) is 19.3 Å². The highest BCUT2D eigenvalue weighted by Crippen LogP contribution is 2.34. The van der Waals surface area contributed by atoms with Gasteiger partial charge in [0.25, 0.3) is 0 Å². The lowest BCUT2D eigenvalue weighted by atomic mass is 10.1. The summed E-state index contributed by atoms with van der Waals surface area (Å²) in [6.45, 7) is 0. The summed E-state index contributed by atoms with van der Waals surface area (Å²) in [6, 6.07) is 1.76. The second-order valence-electron chi connectivity index (χ2n) is 3.21. The average molecular weight is 201 g/mol. The van der Waals surface area contributed by atoms with Gasteiger partial charge in [-0.15, -0.1) is 11.3 Å². The molecular formula is C9H9ClOS. The van der Waals surface area contributed by atoms with E-state index in [-0.39, 0.29) is 5.78 Å². The van der Waals surface area contributed by atoms with Gasteiger partial charge in [-0.2, -0.15) is 0 Å². The van der Waals surface area contributed by atoms with Crippen LogP contribution in [-0.4, -0.2) is 5.78 Å². The highest BCUT2D eigenvalue weighted by atomic mass is 35.5. The van der Waals surface area contributed by atoms with Gasteiger partial charge >= 0.3 is 0 Å². The van der Waals surface area contributed by atoms with Crippen LogP contribution >= 0.6 is 22.9 Å². The number of ketones is 1. The summed E-state index contributed by atoms with van der Waals surface area (Å²) in [5, 5.41) is 1.84. The van der Waals surface area contributed by atoms with Gasteiger partial charge in [0.2, 0.25) is 0 Å². The average Bonchev–Trinajstić information content (AvgIpc) is 2.72. The van der Waals surface area contributed by atoms with Crippen LogP contribution in [0.5, 0.6) is 0 Å². The molecule has 1 saturated carbocycles. The van der Waals surface area contributed by atoms with Crippen LogP contribution in [0.4, 0.5) is 0 Å². The standard InChI is InChI=1S/C9H9ClOS/c10-9-4-7(5-12-9)8(11)3-6-1-2-6/h4-6H,1-3H2. The molecule has 1 fully saturated rings. The summed E-state index contributed by atoms with van der Waals surface area (Å²) in [5.41, 5.74) is 0.789. The zero-order chi connectivity index (χ0) is 8.55. The molecule has 0 saturated heterocycles. The second-order valence-corrected chi connectivity index (χ2v) is 4.75. The van der Waals surface area contributed by atoms with Gasteiger partial charge < -0.3 is 0 Å². The van der Waals surface area contributed by atoms with E-state index in [1.54, 1.807) is 6.07 Å². The Hall–Kier alpha value is -0.340. The van der Waals surface area contributed by atoms with Gasteiger partial charge in [-0.3, -0.25) is 4.79 Å². The Kier molecular flexibility index (Phi) is 2.20. The van der Waals surface area contributed by atoms with Crippen LogP contribution in [0.25, 0.3) is 0 Å². The van der Waals surface area contributed by atoms with Gasteiger partial charge in [0.05, 0.1) is 4.34 Å². The molecular weight excluding hydrogens is 192 g/mol. The topological polar surface area (TPSA) is 17.1 Å². The first kappa shape index (κ1) is 8.27. The van der Waals surface area contributed by atoms with Crippen molar-refractivity contribution >= 4 is 28.7 Å². The highest BCUT2D eigenvalue weighted by Gasteiger charge is 2.25. The molecule has 1 aromatic rings. The lowest BCUT2D eigenvalue weighted by Crippen LogP contribution is -1.97. The van der Waals surface area contributed by atoms with Crippen molar-refractivity contribution in [1.82, 2.24) is 0 Å². The second kappa shape index (κ2) is 3.19. The van der Waals surface area contributed by atoms with Crippen molar-refractivity contribution in [3.05, 3.63) is 21.3 Å². The first-order valence-corrected chi connectivity index (χ1v) is 5.28. The fourth-order valence-electron chi connectivity index (χ4n) is 1.16. The maximum Gasteiger partial charge on any atom is 0.164 e. The number of carbonyl (C=O) groups excluding carboxylic acids is 1. The maximum absolute atomic E-state index is 11.5. The van der Waals surface area contributed by atoms with E-state index in [4.69, 9.17) is 11.6 Å². The summed E-state index contributed by atoms with van der Waals surface area (Å²) in [5.74, 6) is 0.914. The highest BCUT2D eigenvalue weighted by molar-refractivity contribution is 7.14. The van der Waals surface area contributed by atoms with Gasteiger partial charge in [-0.05, 0) is 24.8 Å². The quantitative estimate of drug-likeness (QED) is 0.684. The molecule has 3 heteroatoms. The number of rotatable bonds is 3. The maximum atomic E-state index is 11.5. The van der Waals surface area contributed by atoms with E-state index in [2.05, 4.69) is 0 Å². The minimum absolute atomic E-state index is 0.251. The first-order valence-electron chi connectivity index (χ1n) is 4.03. The molecule has 0 amide bonds. The summed E-state index contributed by atoms with van der Waals surface area (Å²) in [7, 11) is 0. The Morgan fingerprint density at radius 1 is 1.67 bits per heavy atom. The molecule has 0 aromatic carbocycles. The predicted octanol–water partition coefficient (Wildman–Crippen LogP) is 3.38. The van der Waals surface area contributed by atoms with E-state index in [9.17, 15) is 4.79 Å². The van der Waals surface area contributed by atoms with Crippen LogP contribution in [0.3, 0.4) is 0 Å². The van der Waals surface area contributed by atoms with Crippen molar-refractivity contribution < 1.29 is 4.79 Å². The van der Waals surface area contributed by atoms with Gasteiger partial charge in [0.15, 0.2) is 5.78 Å². The summed E-state index contributed by atoms with van der Waals surface area (Å²) < 4.78 is 0.703. The number of hydrogen-bond donors (Lipinski definition) is 0. The lowest BCUT2D eigenvalue weighted by Gasteiger charge is -1.92. The molecule has 0 bridgehead atoms. The third kappa shape index (κ3) is 1.87. The van der Waals surface area contributed by atoms with Crippen molar-refractivity contribution in [1.29, 1.82) is 0 Å². The number of Topliss-reactive ketones (excluding diaryl/α,β-unsaturated/α-hetero) is 1. The van der Waals surface area contributed by atoms with Crippen LogP contribution in [0, 0.1) is 5.92 Å². The van der Waals surface area contributed by atoms with E-state index in [1.807, 2.05) is 5.38 Å². The van der Waals surface area contributed by atoms with Crippen molar-refractivity contribution in [3.8, 4) is 0 Å². The minimum atomic E-state index is 0.251. The summed E-state index contributed by atoms with van der Waals surface area (Å²) in [6.07, 6.45) is 3.17. The minimum Gasteiger partial charge on any atom is -0.294 e. The molecule has 0 unspecified atom stereocenters. The molecule has 0 N–H and O–H groups in total. The van der Waals surface area contributed by atoms with Crippen molar-refractivity contribution in [3.63, 3.8) is 0 Å². The van der Waals surface area contributed by atoms with Crippen LogP contribution < -0.4 is 0 Å². The van der Waals surface area contributed by atoms with Crippen molar-refractivity contribution in [2.75, 3.05) is 0 Å². The molecule has 1 aliphatic carbocycles. The SMILES string of the molecule is O=C(CC1CC1)c1csc(Cl)c1. The van der Waals surface area contributed by atoms with Gasteiger partial charge in [0, 0.05) is 17.4 Å². The number of hydrogen-bond acceptors (Lipinski definition) is 2. The molecule has 0 spiro atoms. The molecule has 1 nitrogen and oxygen atoms in total. The van der Waals surface area contributed by atoms with E-state index in [0.29, 0.717) is 16.7 Å². The fraction of sp³-hybridized carbons (Fsp3) is 0.444. The zero-order valence-electron chi connectivity index (χ0n) is 6.55. The Bertz CT molecular complexity index is 301. The monoisotopic (exact) mass is 200 g/mol. The van der Waals surface area contributed by atoms with Crippen molar-refractivity contribution in [2.24, 2.45) is 5.92 Å². The molecule has 1 heterocycles. The smallest absolute Gasteiger partial charge is 0.164 e. The van der Waals surface area contributed by atoms with E-state index in [0.717, 1.165) is 5.56 Å². The largest absolute Gasteiger partial charge is 0.294 e. The number of carbonyl (C=O) groups is 1. The lowest BCUT2D eigenvalue weighted by molar-refractivity contribution is 0.0976. The van der Waals surface area contributed by atoms with E-state index in [1.165, 1.54) is 24.2 Å². The number of halogens is 1. The van der Waals surface area contributed by atoms with Gasteiger partial charge in [-0.1, -0.05) is 11.6 Å². The summed E-state index contributed by atoms with van der Waals surface area (Å²) in [4.78, 5) is 11.5. The summed E-state index contributed by atoms with van der Waals surface area (Å²) >= 11 is 7.15. The Labute approximate surface area is 80.4 Å². The van der Waals surface area contributed by atoms with Crippen LogP contribution in [-0.2, 0) is 0 Å². The molecule has 0 aliphatic heterocycles. The molecule has 1 aromatic heterocycles. The number of thiophene rings is 1. The molecule has 0 radical (unpaired) electrons.